The molecule has 1 heterocycles. The summed E-state index contributed by atoms with van der Waals surface area (Å²) in [5.74, 6) is 0.270. The number of amides is 2. The first-order valence-electron chi connectivity index (χ1n) is 8.95. The predicted octanol–water partition coefficient (Wildman–Crippen LogP) is 4.09. The molecule has 0 saturated heterocycles. The number of aryl methyl sites for hydroxylation is 1. The molecule has 0 atom stereocenters. The minimum Gasteiger partial charge on any atom is -0.345 e. The number of halogens is 2. The Hall–Kier alpha value is -2.55. The van der Waals surface area contributed by atoms with Gasteiger partial charge in [-0.3, -0.25) is 9.59 Å². The van der Waals surface area contributed by atoms with Crippen molar-refractivity contribution >= 4 is 52.5 Å². The molecule has 0 radical (unpaired) electrons. The largest absolute Gasteiger partial charge is 0.345 e. The zero-order valence-corrected chi connectivity index (χ0v) is 18.6. The first-order valence-corrected chi connectivity index (χ1v) is 10.7. The third kappa shape index (κ3) is 5.53. The molecule has 0 spiro atoms. The highest BCUT2D eigenvalue weighted by molar-refractivity contribution is 7.99. The van der Waals surface area contributed by atoms with Gasteiger partial charge in [-0.1, -0.05) is 53.2 Å². The summed E-state index contributed by atoms with van der Waals surface area (Å²) in [6, 6.07) is 12.2. The van der Waals surface area contributed by atoms with Crippen molar-refractivity contribution < 1.29 is 9.59 Å². The minimum atomic E-state index is -0.249. The Balaban J connectivity index is 1.55. The van der Waals surface area contributed by atoms with Crippen molar-refractivity contribution in [1.29, 1.82) is 0 Å². The Morgan fingerprint density at radius 3 is 2.67 bits per heavy atom. The van der Waals surface area contributed by atoms with Crippen LogP contribution in [0.5, 0.6) is 0 Å². The van der Waals surface area contributed by atoms with E-state index in [4.69, 9.17) is 23.2 Å². The van der Waals surface area contributed by atoms with Crippen molar-refractivity contribution in [3.63, 3.8) is 0 Å². The van der Waals surface area contributed by atoms with Crippen LogP contribution in [0.4, 0.5) is 5.69 Å². The van der Waals surface area contributed by atoms with Crippen LogP contribution in [0, 0.1) is 6.92 Å². The van der Waals surface area contributed by atoms with Crippen molar-refractivity contribution in [2.24, 2.45) is 7.05 Å². The van der Waals surface area contributed by atoms with E-state index in [-0.39, 0.29) is 24.1 Å². The molecule has 7 nitrogen and oxygen atoms in total. The fourth-order valence-corrected chi connectivity index (χ4v) is 3.68. The van der Waals surface area contributed by atoms with Crippen molar-refractivity contribution in [1.82, 2.24) is 20.1 Å². The third-order valence-corrected chi connectivity index (χ3v) is 5.84. The van der Waals surface area contributed by atoms with Crippen LogP contribution in [0.1, 0.15) is 21.7 Å². The summed E-state index contributed by atoms with van der Waals surface area (Å²) >= 11 is 13.2. The van der Waals surface area contributed by atoms with Gasteiger partial charge in [0.25, 0.3) is 5.91 Å². The SMILES string of the molecule is Cc1ccccc1C(=O)NCc1nnc(SCC(=O)Nc2cc(Cl)ccc2Cl)n1C. The first-order chi connectivity index (χ1) is 14.3. The fourth-order valence-electron chi connectivity index (χ4n) is 2.62. The van der Waals surface area contributed by atoms with Gasteiger partial charge in [0.2, 0.25) is 5.91 Å². The molecule has 0 saturated carbocycles. The Morgan fingerprint density at radius 1 is 1.13 bits per heavy atom. The molecule has 3 aromatic rings. The van der Waals surface area contributed by atoms with Crippen LogP contribution in [-0.4, -0.2) is 32.3 Å². The molecule has 156 valence electrons. The fraction of sp³-hybridized carbons (Fsp3) is 0.200. The quantitative estimate of drug-likeness (QED) is 0.515. The van der Waals surface area contributed by atoms with Gasteiger partial charge in [0, 0.05) is 17.6 Å². The van der Waals surface area contributed by atoms with Crippen molar-refractivity contribution in [3.8, 4) is 0 Å². The highest BCUT2D eigenvalue weighted by atomic mass is 35.5. The van der Waals surface area contributed by atoms with Gasteiger partial charge in [0.1, 0.15) is 0 Å². The Bertz CT molecular complexity index is 1090. The molecular weight excluding hydrogens is 445 g/mol. The van der Waals surface area contributed by atoms with Crippen LogP contribution in [-0.2, 0) is 18.4 Å². The lowest BCUT2D eigenvalue weighted by Gasteiger charge is -2.08. The lowest BCUT2D eigenvalue weighted by molar-refractivity contribution is -0.113. The summed E-state index contributed by atoms with van der Waals surface area (Å²) in [7, 11) is 1.78. The molecule has 2 amide bonds. The summed E-state index contributed by atoms with van der Waals surface area (Å²) < 4.78 is 1.74. The van der Waals surface area contributed by atoms with Crippen molar-refractivity contribution in [3.05, 3.63) is 69.5 Å². The standard InChI is InChI=1S/C20H19Cl2N5O2S/c1-12-5-3-4-6-14(12)19(29)23-10-17-25-26-20(27(17)2)30-11-18(28)24-16-9-13(21)7-8-15(16)22/h3-9H,10-11H2,1-2H3,(H,23,29)(H,24,28). The molecule has 10 heteroatoms. The summed E-state index contributed by atoms with van der Waals surface area (Å²) in [6.07, 6.45) is 0. The second-order valence-corrected chi connectivity index (χ2v) is 8.20. The number of hydrogen-bond acceptors (Lipinski definition) is 5. The first kappa shape index (κ1) is 22.1. The molecule has 0 aliphatic heterocycles. The molecule has 0 fully saturated rings. The number of nitrogens with one attached hydrogen (secondary N) is 2. The van der Waals surface area contributed by atoms with E-state index < -0.39 is 0 Å². The second-order valence-electron chi connectivity index (χ2n) is 6.42. The van der Waals surface area contributed by atoms with E-state index in [9.17, 15) is 9.59 Å². The molecule has 3 rings (SSSR count). The molecule has 30 heavy (non-hydrogen) atoms. The Morgan fingerprint density at radius 2 is 1.90 bits per heavy atom. The van der Waals surface area contributed by atoms with Gasteiger partial charge >= 0.3 is 0 Å². The third-order valence-electron chi connectivity index (χ3n) is 4.26. The van der Waals surface area contributed by atoms with E-state index in [2.05, 4.69) is 20.8 Å². The smallest absolute Gasteiger partial charge is 0.251 e. The molecule has 0 unspecified atom stereocenters. The normalized spacial score (nSPS) is 10.7. The number of carbonyl (C=O) groups is 2. The number of aromatic nitrogens is 3. The number of carbonyl (C=O) groups excluding carboxylic acids is 2. The zero-order valence-electron chi connectivity index (χ0n) is 16.3. The second kappa shape index (κ2) is 9.97. The molecular formula is C20H19Cl2N5O2S. The molecule has 0 aliphatic carbocycles. The van der Waals surface area contributed by atoms with Gasteiger partial charge < -0.3 is 15.2 Å². The van der Waals surface area contributed by atoms with Crippen LogP contribution in [0.15, 0.2) is 47.6 Å². The van der Waals surface area contributed by atoms with Gasteiger partial charge in [-0.05, 0) is 36.8 Å². The lowest BCUT2D eigenvalue weighted by atomic mass is 10.1. The summed E-state index contributed by atoms with van der Waals surface area (Å²) in [5, 5.41) is 15.2. The van der Waals surface area contributed by atoms with Gasteiger partial charge in [0.05, 0.1) is 23.0 Å². The molecule has 0 bridgehead atoms. The average Bonchev–Trinajstić information content (AvgIpc) is 3.07. The Kier molecular flexibility index (Phi) is 7.36. The topological polar surface area (TPSA) is 88.9 Å². The lowest BCUT2D eigenvalue weighted by Crippen LogP contribution is -2.25. The maximum Gasteiger partial charge on any atom is 0.251 e. The number of benzene rings is 2. The van der Waals surface area contributed by atoms with Gasteiger partial charge in [-0.15, -0.1) is 10.2 Å². The van der Waals surface area contributed by atoms with Crippen LogP contribution in [0.2, 0.25) is 10.0 Å². The van der Waals surface area contributed by atoms with Gasteiger partial charge in [-0.2, -0.15) is 0 Å². The van der Waals surface area contributed by atoms with E-state index in [1.165, 1.54) is 11.8 Å². The van der Waals surface area contributed by atoms with E-state index in [1.807, 2.05) is 25.1 Å². The van der Waals surface area contributed by atoms with E-state index in [1.54, 1.807) is 35.9 Å². The highest BCUT2D eigenvalue weighted by Gasteiger charge is 2.14. The van der Waals surface area contributed by atoms with E-state index in [0.717, 1.165) is 5.56 Å². The van der Waals surface area contributed by atoms with Crippen molar-refractivity contribution in [2.45, 2.75) is 18.6 Å². The van der Waals surface area contributed by atoms with Crippen LogP contribution in [0.25, 0.3) is 0 Å². The number of anilines is 1. The van der Waals surface area contributed by atoms with Gasteiger partial charge in [-0.25, -0.2) is 0 Å². The Labute approximate surface area is 188 Å². The molecule has 2 aromatic carbocycles. The summed E-state index contributed by atoms with van der Waals surface area (Å²) in [5.41, 5.74) is 1.97. The molecule has 1 aromatic heterocycles. The van der Waals surface area contributed by atoms with Crippen LogP contribution < -0.4 is 10.6 Å². The van der Waals surface area contributed by atoms with Crippen molar-refractivity contribution in [2.75, 3.05) is 11.1 Å². The monoisotopic (exact) mass is 463 g/mol. The predicted molar refractivity (Wildman–Crippen MR) is 119 cm³/mol. The summed E-state index contributed by atoms with van der Waals surface area (Å²) in [6.45, 7) is 2.11. The van der Waals surface area contributed by atoms with Crippen LogP contribution in [0.3, 0.4) is 0 Å². The highest BCUT2D eigenvalue weighted by Crippen LogP contribution is 2.26. The van der Waals surface area contributed by atoms with Gasteiger partial charge in [0.15, 0.2) is 11.0 Å². The number of hydrogen-bond donors (Lipinski definition) is 2. The number of thioether (sulfide) groups is 1. The maximum atomic E-state index is 12.4. The zero-order chi connectivity index (χ0) is 21.7. The van der Waals surface area contributed by atoms with E-state index >= 15 is 0 Å². The average molecular weight is 464 g/mol. The van der Waals surface area contributed by atoms with Crippen LogP contribution >= 0.6 is 35.0 Å². The molecule has 2 N–H and O–H groups in total. The van der Waals surface area contributed by atoms with E-state index in [0.29, 0.717) is 32.3 Å². The maximum absolute atomic E-state index is 12.4. The molecule has 0 aliphatic rings. The summed E-state index contributed by atoms with van der Waals surface area (Å²) in [4.78, 5) is 24.6. The minimum absolute atomic E-state index is 0.115. The number of rotatable bonds is 7. The number of nitrogens with zero attached hydrogens (tertiary/aromatic N) is 3.